The van der Waals surface area contributed by atoms with Crippen LogP contribution in [0.15, 0.2) is 54.6 Å². The van der Waals surface area contributed by atoms with E-state index in [4.69, 9.17) is 4.74 Å². The minimum atomic E-state index is -0.0411. The number of nitrogens with one attached hydrogen (secondary N) is 1. The second-order valence-corrected chi connectivity index (χ2v) is 6.92. The van der Waals surface area contributed by atoms with Crippen LogP contribution in [0.1, 0.15) is 36.4 Å². The molecule has 1 unspecified atom stereocenters. The lowest BCUT2D eigenvalue weighted by Gasteiger charge is -2.27. The van der Waals surface area contributed by atoms with E-state index in [9.17, 15) is 4.79 Å². The van der Waals surface area contributed by atoms with Gasteiger partial charge in [-0.05, 0) is 55.6 Å². The van der Waals surface area contributed by atoms with Crippen molar-refractivity contribution < 1.29 is 9.53 Å². The Labute approximate surface area is 156 Å². The summed E-state index contributed by atoms with van der Waals surface area (Å²) in [5.74, 6) is 0.926. The number of rotatable bonds is 7. The number of carbonyl (C=O) groups is 1. The van der Waals surface area contributed by atoms with Crippen molar-refractivity contribution >= 4 is 5.91 Å². The minimum absolute atomic E-state index is 0.0411. The van der Waals surface area contributed by atoms with Crippen molar-refractivity contribution in [2.45, 2.75) is 31.7 Å². The Bertz CT molecular complexity index is 679. The number of methoxy groups -OCH3 is 1. The largest absolute Gasteiger partial charge is 0.497 e. The molecule has 2 aromatic rings. The number of amides is 1. The smallest absolute Gasteiger partial charge is 0.234 e. The van der Waals surface area contributed by atoms with Crippen molar-refractivity contribution in [1.82, 2.24) is 10.2 Å². The molecule has 0 radical (unpaired) electrons. The van der Waals surface area contributed by atoms with E-state index in [1.54, 1.807) is 7.11 Å². The maximum Gasteiger partial charge on any atom is 0.234 e. The molecule has 1 N–H and O–H groups in total. The minimum Gasteiger partial charge on any atom is -0.497 e. The average Bonchev–Trinajstić information content (AvgIpc) is 2.69. The normalized spacial score (nSPS) is 16.0. The molecule has 4 nitrogen and oxygen atoms in total. The zero-order valence-electron chi connectivity index (χ0n) is 15.5. The molecule has 3 rings (SSSR count). The van der Waals surface area contributed by atoms with Crippen molar-refractivity contribution in [3.63, 3.8) is 0 Å². The number of hydrogen-bond acceptors (Lipinski definition) is 3. The second kappa shape index (κ2) is 9.39. The Kier molecular flexibility index (Phi) is 6.67. The van der Waals surface area contributed by atoms with Crippen molar-refractivity contribution in [1.29, 1.82) is 0 Å². The van der Waals surface area contributed by atoms with Crippen LogP contribution in [0.2, 0.25) is 0 Å². The van der Waals surface area contributed by atoms with Gasteiger partial charge in [-0.2, -0.15) is 0 Å². The average molecular weight is 352 g/mol. The summed E-state index contributed by atoms with van der Waals surface area (Å²) in [6.07, 6.45) is 4.44. The van der Waals surface area contributed by atoms with Crippen LogP contribution in [0.3, 0.4) is 0 Å². The van der Waals surface area contributed by atoms with Crippen LogP contribution in [0.4, 0.5) is 0 Å². The fraction of sp³-hybridized carbons (Fsp3) is 0.409. The van der Waals surface area contributed by atoms with Gasteiger partial charge in [0.05, 0.1) is 19.7 Å². The first-order chi connectivity index (χ1) is 12.7. The van der Waals surface area contributed by atoms with Gasteiger partial charge in [0.2, 0.25) is 5.91 Å². The van der Waals surface area contributed by atoms with Crippen LogP contribution in [-0.4, -0.2) is 37.6 Å². The molecule has 26 heavy (non-hydrogen) atoms. The summed E-state index contributed by atoms with van der Waals surface area (Å²) in [6, 6.07) is 18.2. The predicted molar refractivity (Wildman–Crippen MR) is 104 cm³/mol. The molecule has 1 amide bonds. The Hall–Kier alpha value is -2.33. The van der Waals surface area contributed by atoms with E-state index in [1.807, 2.05) is 42.5 Å². The third-order valence-corrected chi connectivity index (χ3v) is 4.95. The quantitative estimate of drug-likeness (QED) is 0.828. The molecule has 0 aliphatic carbocycles. The molecular weight excluding hydrogens is 324 g/mol. The van der Waals surface area contributed by atoms with E-state index in [1.165, 1.54) is 24.8 Å². The first-order valence-corrected chi connectivity index (χ1v) is 9.44. The monoisotopic (exact) mass is 352 g/mol. The maximum absolute atomic E-state index is 12.6. The van der Waals surface area contributed by atoms with E-state index in [-0.39, 0.29) is 11.9 Å². The van der Waals surface area contributed by atoms with Gasteiger partial charge in [-0.25, -0.2) is 0 Å². The van der Waals surface area contributed by atoms with Crippen LogP contribution in [-0.2, 0) is 11.2 Å². The highest BCUT2D eigenvalue weighted by Crippen LogP contribution is 2.21. The summed E-state index contributed by atoms with van der Waals surface area (Å²) in [6.45, 7) is 2.54. The highest BCUT2D eigenvalue weighted by molar-refractivity contribution is 5.78. The lowest BCUT2D eigenvalue weighted by molar-refractivity contribution is -0.123. The number of likely N-dealkylation sites (tertiary alicyclic amines) is 1. The van der Waals surface area contributed by atoms with Gasteiger partial charge in [0, 0.05) is 0 Å². The third kappa shape index (κ3) is 5.33. The maximum atomic E-state index is 12.6. The summed E-state index contributed by atoms with van der Waals surface area (Å²) in [5.41, 5.74) is 2.31. The Morgan fingerprint density at radius 2 is 1.73 bits per heavy atom. The molecule has 1 heterocycles. The second-order valence-electron chi connectivity index (χ2n) is 6.92. The molecular formula is C22H28N2O2. The Morgan fingerprint density at radius 1 is 1.04 bits per heavy atom. The van der Waals surface area contributed by atoms with E-state index in [2.05, 4.69) is 22.3 Å². The van der Waals surface area contributed by atoms with E-state index < -0.39 is 0 Å². The SMILES string of the molecule is COc1ccc(C(Cc2ccccc2)NC(=O)CN2CCCCC2)cc1. The van der Waals surface area contributed by atoms with Gasteiger partial charge in [0.15, 0.2) is 0 Å². The number of ether oxygens (including phenoxy) is 1. The highest BCUT2D eigenvalue weighted by atomic mass is 16.5. The van der Waals surface area contributed by atoms with Crippen LogP contribution >= 0.6 is 0 Å². The summed E-state index contributed by atoms with van der Waals surface area (Å²) in [4.78, 5) is 14.9. The summed E-state index contributed by atoms with van der Waals surface area (Å²) in [7, 11) is 1.66. The lowest BCUT2D eigenvalue weighted by Crippen LogP contribution is -2.41. The zero-order chi connectivity index (χ0) is 18.2. The molecule has 138 valence electrons. The molecule has 4 heteroatoms. The molecule has 2 aromatic carbocycles. The van der Waals surface area contributed by atoms with Gasteiger partial charge in [-0.15, -0.1) is 0 Å². The van der Waals surface area contributed by atoms with Crippen molar-refractivity contribution in [2.24, 2.45) is 0 Å². The van der Waals surface area contributed by atoms with Gasteiger partial charge in [0.25, 0.3) is 0 Å². The summed E-state index contributed by atoms with van der Waals surface area (Å²) < 4.78 is 5.25. The summed E-state index contributed by atoms with van der Waals surface area (Å²) >= 11 is 0. The van der Waals surface area contributed by atoms with E-state index >= 15 is 0 Å². The topological polar surface area (TPSA) is 41.6 Å². The molecule has 1 atom stereocenters. The van der Waals surface area contributed by atoms with Gasteiger partial charge in [0.1, 0.15) is 5.75 Å². The van der Waals surface area contributed by atoms with Crippen molar-refractivity contribution in [2.75, 3.05) is 26.7 Å². The zero-order valence-corrected chi connectivity index (χ0v) is 15.5. The van der Waals surface area contributed by atoms with Crippen LogP contribution < -0.4 is 10.1 Å². The third-order valence-electron chi connectivity index (χ3n) is 4.95. The van der Waals surface area contributed by atoms with Gasteiger partial charge < -0.3 is 10.1 Å². The standard InChI is InChI=1S/C22H28N2O2/c1-26-20-12-10-19(11-13-20)21(16-18-8-4-2-5-9-18)23-22(25)17-24-14-6-3-7-15-24/h2,4-5,8-13,21H,3,6-7,14-17H2,1H3,(H,23,25). The summed E-state index contributed by atoms with van der Waals surface area (Å²) in [5, 5.41) is 3.25. The number of nitrogens with zero attached hydrogens (tertiary/aromatic N) is 1. The van der Waals surface area contributed by atoms with Crippen LogP contribution in [0, 0.1) is 0 Å². The van der Waals surface area contributed by atoms with Crippen LogP contribution in [0.5, 0.6) is 5.75 Å². The van der Waals surface area contributed by atoms with Gasteiger partial charge in [-0.1, -0.05) is 48.9 Å². The fourth-order valence-electron chi connectivity index (χ4n) is 3.50. The van der Waals surface area contributed by atoms with Gasteiger partial charge >= 0.3 is 0 Å². The number of hydrogen-bond donors (Lipinski definition) is 1. The fourth-order valence-corrected chi connectivity index (χ4v) is 3.50. The molecule has 0 bridgehead atoms. The van der Waals surface area contributed by atoms with Gasteiger partial charge in [-0.3, -0.25) is 9.69 Å². The molecule has 1 saturated heterocycles. The Balaban J connectivity index is 1.69. The molecule has 1 aliphatic rings. The number of carbonyl (C=O) groups excluding carboxylic acids is 1. The lowest BCUT2D eigenvalue weighted by atomic mass is 9.98. The Morgan fingerprint density at radius 3 is 2.38 bits per heavy atom. The molecule has 1 fully saturated rings. The molecule has 0 saturated carbocycles. The first kappa shape index (κ1) is 18.5. The number of piperidine rings is 1. The first-order valence-electron chi connectivity index (χ1n) is 9.44. The van der Waals surface area contributed by atoms with Crippen LogP contribution in [0.25, 0.3) is 0 Å². The van der Waals surface area contributed by atoms with E-state index in [0.717, 1.165) is 30.8 Å². The predicted octanol–water partition coefficient (Wildman–Crippen LogP) is 3.58. The molecule has 1 aliphatic heterocycles. The van der Waals surface area contributed by atoms with Crippen molar-refractivity contribution in [3.05, 3.63) is 65.7 Å². The molecule has 0 aromatic heterocycles. The highest BCUT2D eigenvalue weighted by Gasteiger charge is 2.19. The number of benzene rings is 2. The van der Waals surface area contributed by atoms with E-state index in [0.29, 0.717) is 6.54 Å². The van der Waals surface area contributed by atoms with Crippen molar-refractivity contribution in [3.8, 4) is 5.75 Å². The molecule has 0 spiro atoms.